The first-order chi connectivity index (χ1) is 17.1. The molecule has 36 heavy (non-hydrogen) atoms. The lowest BCUT2D eigenvalue weighted by atomic mass is 10.0. The fourth-order valence-electron chi connectivity index (χ4n) is 4.63. The van der Waals surface area contributed by atoms with Crippen LogP contribution in [-0.4, -0.2) is 24.1 Å². The molecule has 5 aromatic rings. The molecule has 0 radical (unpaired) electrons. The number of pyridine rings is 1. The van der Waals surface area contributed by atoms with Crippen molar-refractivity contribution >= 4 is 43.1 Å². The summed E-state index contributed by atoms with van der Waals surface area (Å²) < 4.78 is 44.8. The number of ether oxygens (including phenoxy) is 1. The number of nitrogens with one attached hydrogen (secondary N) is 1. The second-order valence-corrected chi connectivity index (χ2v) is 10.1. The number of hydrogen-bond acceptors (Lipinski definition) is 5. The van der Waals surface area contributed by atoms with E-state index in [2.05, 4.69) is 11.1 Å². The number of H-pyrrole nitrogens is 1. The number of nitriles is 1. The number of aryl methyl sites for hydroxylation is 1. The lowest BCUT2D eigenvalue weighted by Gasteiger charge is -2.18. The third-order valence-electron chi connectivity index (χ3n) is 6.14. The Morgan fingerprint density at radius 2 is 1.89 bits per heavy atom. The summed E-state index contributed by atoms with van der Waals surface area (Å²) in [6, 6.07) is 16.3. The molecule has 7 nitrogen and oxygen atoms in total. The van der Waals surface area contributed by atoms with Crippen LogP contribution >= 0.6 is 0 Å². The van der Waals surface area contributed by atoms with E-state index in [4.69, 9.17) is 4.74 Å². The third kappa shape index (κ3) is 3.80. The van der Waals surface area contributed by atoms with Gasteiger partial charge in [-0.2, -0.15) is 13.7 Å². The van der Waals surface area contributed by atoms with E-state index < -0.39 is 15.1 Å². The monoisotopic (exact) mass is 503 g/mol. The van der Waals surface area contributed by atoms with Crippen LogP contribution in [0.15, 0.2) is 64.3 Å². The van der Waals surface area contributed by atoms with E-state index in [1.807, 2.05) is 25.3 Å². The minimum atomic E-state index is -4.90. The van der Waals surface area contributed by atoms with Gasteiger partial charge in [-0.05, 0) is 62.7 Å². The van der Waals surface area contributed by atoms with E-state index in [-0.39, 0.29) is 11.5 Å². The first-order valence-electron chi connectivity index (χ1n) is 11.4. The molecule has 0 spiro atoms. The van der Waals surface area contributed by atoms with Gasteiger partial charge in [0.25, 0.3) is 0 Å². The molecule has 2 aromatic heterocycles. The number of fused-ring (bicyclic) bond motifs is 4. The smallest absolute Gasteiger partial charge is 0.332 e. The summed E-state index contributed by atoms with van der Waals surface area (Å²) in [4.78, 5) is 16.6. The molecule has 3 aromatic carbocycles. The molecule has 0 aliphatic carbocycles. The molecule has 0 atom stereocenters. The number of rotatable bonds is 5. The van der Waals surface area contributed by atoms with Crippen molar-refractivity contribution in [2.24, 2.45) is 0 Å². The van der Waals surface area contributed by atoms with Gasteiger partial charge in [-0.3, -0.25) is 4.79 Å². The molecule has 5 rings (SSSR count). The van der Waals surface area contributed by atoms with Gasteiger partial charge in [-0.25, -0.2) is 0 Å². The molecule has 0 aliphatic rings. The minimum absolute atomic E-state index is 0.194. The highest BCUT2D eigenvalue weighted by Gasteiger charge is 2.20. The van der Waals surface area contributed by atoms with Crippen molar-refractivity contribution in [1.82, 2.24) is 9.55 Å². The highest BCUT2D eigenvalue weighted by molar-refractivity contribution is 7.86. The van der Waals surface area contributed by atoms with Gasteiger partial charge >= 0.3 is 10.2 Å². The quantitative estimate of drug-likeness (QED) is 0.313. The van der Waals surface area contributed by atoms with Crippen molar-refractivity contribution in [3.05, 3.63) is 70.4 Å². The van der Waals surface area contributed by atoms with Crippen LogP contribution in [-0.2, 0) is 16.8 Å². The summed E-state index contributed by atoms with van der Waals surface area (Å²) in [6.07, 6.45) is -0.232. The molecule has 0 fully saturated rings. The van der Waals surface area contributed by atoms with Gasteiger partial charge in [0.1, 0.15) is 11.4 Å². The fourth-order valence-corrected chi connectivity index (χ4v) is 5.14. The molecule has 0 saturated carbocycles. The first-order valence-corrected chi connectivity index (χ1v) is 12.8. The number of nitrogens with zero attached hydrogens (tertiary/aromatic N) is 2. The van der Waals surface area contributed by atoms with E-state index in [1.54, 1.807) is 36.4 Å². The van der Waals surface area contributed by atoms with Crippen LogP contribution in [0.4, 0.5) is 3.89 Å². The normalized spacial score (nSPS) is 12.0. The van der Waals surface area contributed by atoms with Gasteiger partial charge in [0.05, 0.1) is 38.9 Å². The van der Waals surface area contributed by atoms with Crippen molar-refractivity contribution < 1.29 is 17.0 Å². The maximum atomic E-state index is 13.8. The van der Waals surface area contributed by atoms with E-state index in [0.29, 0.717) is 61.8 Å². The van der Waals surface area contributed by atoms with Crippen molar-refractivity contribution in [3.8, 4) is 22.9 Å². The number of hydrogen-bond donors (Lipinski definition) is 1. The molecular weight excluding hydrogens is 481 g/mol. The Bertz CT molecular complexity index is 1900. The van der Waals surface area contributed by atoms with Crippen LogP contribution in [0.2, 0.25) is 0 Å². The summed E-state index contributed by atoms with van der Waals surface area (Å²) in [5.41, 5.74) is 3.17. The number of aromatic amines is 1. The van der Waals surface area contributed by atoms with Crippen LogP contribution in [0.5, 0.6) is 5.75 Å². The fraction of sp³-hybridized carbons (Fsp3) is 0.185. The van der Waals surface area contributed by atoms with E-state index in [0.717, 1.165) is 0 Å². The Balaban J connectivity index is 1.91. The molecule has 2 heterocycles. The van der Waals surface area contributed by atoms with Crippen LogP contribution in [0, 0.1) is 11.3 Å². The third-order valence-corrected chi connectivity index (χ3v) is 6.96. The molecule has 1 N–H and O–H groups in total. The first kappa shape index (κ1) is 23.6. The maximum absolute atomic E-state index is 13.8. The van der Waals surface area contributed by atoms with E-state index in [1.165, 1.54) is 18.2 Å². The average molecular weight is 504 g/mol. The van der Waals surface area contributed by atoms with Crippen LogP contribution in [0.1, 0.15) is 26.3 Å². The van der Waals surface area contributed by atoms with E-state index >= 15 is 0 Å². The Morgan fingerprint density at radius 1 is 1.11 bits per heavy atom. The highest BCUT2D eigenvalue weighted by Crippen LogP contribution is 2.37. The van der Waals surface area contributed by atoms with Gasteiger partial charge in [0.2, 0.25) is 0 Å². The van der Waals surface area contributed by atoms with Crippen molar-refractivity contribution in [2.45, 2.75) is 38.3 Å². The molecule has 0 saturated heterocycles. The standard InChI is InChI=1S/C27H22FN3O4S/c1-4-31-23-12-20(17-6-5-7-18(11-17)36(28,33)34)24(35-15(2)3)13-21(23)26(32)25-19-9-8-16(14-29)10-22(19)30-27(25)31/h5-13,15,30H,4H2,1-3H3. The molecule has 9 heteroatoms. The predicted molar refractivity (Wildman–Crippen MR) is 137 cm³/mol. The van der Waals surface area contributed by atoms with Gasteiger partial charge in [0.15, 0.2) is 5.43 Å². The van der Waals surface area contributed by atoms with Crippen molar-refractivity contribution in [1.29, 1.82) is 5.26 Å². The summed E-state index contributed by atoms with van der Waals surface area (Å²) in [6.45, 7) is 6.16. The Kier molecular flexibility index (Phi) is 5.57. The second kappa shape index (κ2) is 8.50. The Labute approximate surface area is 206 Å². The van der Waals surface area contributed by atoms with Crippen molar-refractivity contribution in [3.63, 3.8) is 0 Å². The molecule has 0 unspecified atom stereocenters. The minimum Gasteiger partial charge on any atom is -0.490 e. The summed E-state index contributed by atoms with van der Waals surface area (Å²) in [5.74, 6) is 0.386. The average Bonchev–Trinajstić information content (AvgIpc) is 3.22. The van der Waals surface area contributed by atoms with Crippen LogP contribution < -0.4 is 10.2 Å². The lowest BCUT2D eigenvalue weighted by molar-refractivity contribution is 0.244. The van der Waals surface area contributed by atoms with E-state index in [9.17, 15) is 22.4 Å². The van der Waals surface area contributed by atoms with Gasteiger partial charge < -0.3 is 14.3 Å². The zero-order chi connectivity index (χ0) is 25.8. The second-order valence-electron chi connectivity index (χ2n) is 8.79. The van der Waals surface area contributed by atoms with Crippen molar-refractivity contribution in [2.75, 3.05) is 0 Å². The Hall–Kier alpha value is -4.16. The zero-order valence-corrected chi connectivity index (χ0v) is 20.6. The van der Waals surface area contributed by atoms with Gasteiger partial charge in [-0.1, -0.05) is 18.2 Å². The van der Waals surface area contributed by atoms with Gasteiger partial charge in [0, 0.05) is 23.0 Å². The molecular formula is C27H22FN3O4S. The topological polar surface area (TPSA) is 105 Å². The summed E-state index contributed by atoms with van der Waals surface area (Å²) >= 11 is 0. The SMILES string of the molecule is CCn1c2cc(-c3cccc(S(=O)(=O)F)c3)c(OC(C)C)cc2c(=O)c2c3ccc(C#N)cc3[nH]c21. The van der Waals surface area contributed by atoms with Crippen LogP contribution in [0.25, 0.3) is 44.0 Å². The Morgan fingerprint density at radius 3 is 2.56 bits per heavy atom. The number of halogens is 1. The predicted octanol–water partition coefficient (Wildman–Crippen LogP) is 5.64. The van der Waals surface area contributed by atoms with Gasteiger partial charge in [-0.15, -0.1) is 3.89 Å². The number of benzene rings is 3. The molecule has 182 valence electrons. The highest BCUT2D eigenvalue weighted by atomic mass is 32.3. The molecule has 0 amide bonds. The zero-order valence-electron chi connectivity index (χ0n) is 19.8. The number of aromatic nitrogens is 2. The summed E-state index contributed by atoms with van der Waals surface area (Å²) in [5, 5.41) is 10.9. The molecule has 0 bridgehead atoms. The maximum Gasteiger partial charge on any atom is 0.332 e. The molecule has 0 aliphatic heterocycles. The van der Waals surface area contributed by atoms with Crippen LogP contribution in [0.3, 0.4) is 0 Å². The largest absolute Gasteiger partial charge is 0.490 e. The summed E-state index contributed by atoms with van der Waals surface area (Å²) in [7, 11) is -4.90. The lowest BCUT2D eigenvalue weighted by Crippen LogP contribution is -2.12.